The largest absolute Gasteiger partial charge is 0.377 e. The topological polar surface area (TPSA) is 64.2 Å². The quantitative estimate of drug-likeness (QED) is 0.603. The van der Waals surface area contributed by atoms with Gasteiger partial charge < -0.3 is 5.32 Å². The van der Waals surface area contributed by atoms with E-state index in [1.807, 2.05) is 35.6 Å². The predicted octanol–water partition coefficient (Wildman–Crippen LogP) is 3.60. The third-order valence-corrected chi connectivity index (χ3v) is 4.99. The SMILES string of the molecule is CCn1c(=O)c2ccccc2n2c(CNc3c(C)cc(C)cc3C)nnc12. The summed E-state index contributed by atoms with van der Waals surface area (Å²) in [6.07, 6.45) is 0. The maximum absolute atomic E-state index is 12.7. The van der Waals surface area contributed by atoms with Gasteiger partial charge in [0, 0.05) is 12.2 Å². The lowest BCUT2D eigenvalue weighted by Gasteiger charge is -2.14. The standard InChI is InChI=1S/C21H23N5O/c1-5-25-20(27)16-8-6-7-9-17(16)26-18(23-24-21(25)26)12-22-19-14(3)10-13(2)11-15(19)4/h6-11,22H,5,12H2,1-4H3. The van der Waals surface area contributed by atoms with Crippen molar-refractivity contribution in [3.8, 4) is 0 Å². The molecule has 0 saturated carbocycles. The summed E-state index contributed by atoms with van der Waals surface area (Å²) < 4.78 is 3.65. The Bertz CT molecular complexity index is 1200. The minimum atomic E-state index is -0.0299. The molecule has 0 amide bonds. The van der Waals surface area contributed by atoms with Crippen LogP contribution in [0.15, 0.2) is 41.2 Å². The van der Waals surface area contributed by atoms with E-state index in [0.717, 1.165) is 17.0 Å². The monoisotopic (exact) mass is 361 g/mol. The van der Waals surface area contributed by atoms with E-state index >= 15 is 0 Å². The summed E-state index contributed by atoms with van der Waals surface area (Å²) in [5, 5.41) is 12.9. The number of para-hydroxylation sites is 1. The number of hydrogen-bond acceptors (Lipinski definition) is 4. The van der Waals surface area contributed by atoms with E-state index in [2.05, 4.69) is 48.4 Å². The molecule has 0 aliphatic heterocycles. The fourth-order valence-electron chi connectivity index (χ4n) is 3.84. The number of nitrogens with one attached hydrogen (secondary N) is 1. The van der Waals surface area contributed by atoms with Crippen LogP contribution in [0.2, 0.25) is 0 Å². The van der Waals surface area contributed by atoms with Crippen LogP contribution in [-0.4, -0.2) is 19.2 Å². The highest BCUT2D eigenvalue weighted by Crippen LogP contribution is 2.23. The minimum absolute atomic E-state index is 0.0299. The van der Waals surface area contributed by atoms with Crippen LogP contribution in [0, 0.1) is 20.8 Å². The Labute approximate surface area is 157 Å². The molecule has 1 N–H and O–H groups in total. The van der Waals surface area contributed by atoms with Gasteiger partial charge in [-0.3, -0.25) is 13.8 Å². The number of anilines is 1. The van der Waals surface area contributed by atoms with Crippen LogP contribution < -0.4 is 10.9 Å². The molecule has 27 heavy (non-hydrogen) atoms. The van der Waals surface area contributed by atoms with E-state index in [4.69, 9.17) is 0 Å². The van der Waals surface area contributed by atoms with Crippen molar-refractivity contribution >= 4 is 22.4 Å². The average molecular weight is 361 g/mol. The molecule has 0 saturated heterocycles. The first-order valence-corrected chi connectivity index (χ1v) is 9.18. The molecule has 6 heteroatoms. The summed E-state index contributed by atoms with van der Waals surface area (Å²) in [6, 6.07) is 12.0. The summed E-state index contributed by atoms with van der Waals surface area (Å²) in [6.45, 7) is 9.34. The fraction of sp³-hybridized carbons (Fsp3) is 0.286. The Balaban J connectivity index is 1.85. The van der Waals surface area contributed by atoms with Crippen LogP contribution in [0.25, 0.3) is 16.7 Å². The number of aromatic nitrogens is 4. The number of hydrogen-bond donors (Lipinski definition) is 1. The van der Waals surface area contributed by atoms with E-state index in [0.29, 0.717) is 24.3 Å². The maximum atomic E-state index is 12.7. The highest BCUT2D eigenvalue weighted by Gasteiger charge is 2.15. The molecule has 0 aliphatic carbocycles. The smallest absolute Gasteiger partial charge is 0.262 e. The van der Waals surface area contributed by atoms with E-state index in [1.54, 1.807) is 4.57 Å². The Kier molecular flexibility index (Phi) is 4.18. The molecule has 2 heterocycles. The first-order chi connectivity index (χ1) is 13.0. The van der Waals surface area contributed by atoms with Crippen LogP contribution in [0.3, 0.4) is 0 Å². The second-order valence-corrected chi connectivity index (χ2v) is 6.95. The van der Waals surface area contributed by atoms with Gasteiger partial charge in [0.15, 0.2) is 5.82 Å². The van der Waals surface area contributed by atoms with Crippen molar-refractivity contribution in [1.29, 1.82) is 0 Å². The highest BCUT2D eigenvalue weighted by atomic mass is 16.1. The van der Waals surface area contributed by atoms with Gasteiger partial charge in [0.2, 0.25) is 5.78 Å². The van der Waals surface area contributed by atoms with Crippen LogP contribution in [0.4, 0.5) is 5.69 Å². The van der Waals surface area contributed by atoms with Crippen LogP contribution in [-0.2, 0) is 13.1 Å². The van der Waals surface area contributed by atoms with E-state index in [9.17, 15) is 4.79 Å². The molecule has 0 fully saturated rings. The second-order valence-electron chi connectivity index (χ2n) is 6.95. The van der Waals surface area contributed by atoms with Crippen molar-refractivity contribution < 1.29 is 0 Å². The van der Waals surface area contributed by atoms with Crippen molar-refractivity contribution in [3.63, 3.8) is 0 Å². The number of rotatable bonds is 4. The van der Waals surface area contributed by atoms with Crippen molar-refractivity contribution in [2.24, 2.45) is 0 Å². The Hall–Kier alpha value is -3.15. The van der Waals surface area contributed by atoms with E-state index in [-0.39, 0.29) is 5.56 Å². The number of benzene rings is 2. The summed E-state index contributed by atoms with van der Waals surface area (Å²) in [4.78, 5) is 12.7. The van der Waals surface area contributed by atoms with Crippen LogP contribution in [0.5, 0.6) is 0 Å². The van der Waals surface area contributed by atoms with Gasteiger partial charge in [-0.2, -0.15) is 0 Å². The highest BCUT2D eigenvalue weighted by molar-refractivity contribution is 5.80. The molecule has 0 spiro atoms. The van der Waals surface area contributed by atoms with E-state index in [1.165, 1.54) is 16.7 Å². The number of nitrogens with zero attached hydrogens (tertiary/aromatic N) is 4. The molecule has 6 nitrogen and oxygen atoms in total. The zero-order valence-corrected chi connectivity index (χ0v) is 16.1. The molecular formula is C21H23N5O. The second kappa shape index (κ2) is 6.54. The van der Waals surface area contributed by atoms with Crippen molar-refractivity contribution in [1.82, 2.24) is 19.2 Å². The molecule has 0 unspecified atom stereocenters. The van der Waals surface area contributed by atoms with Gasteiger partial charge in [0.05, 0.1) is 17.4 Å². The third-order valence-electron chi connectivity index (χ3n) is 4.99. The van der Waals surface area contributed by atoms with Gasteiger partial charge in [0.1, 0.15) is 0 Å². The first-order valence-electron chi connectivity index (χ1n) is 9.18. The van der Waals surface area contributed by atoms with E-state index < -0.39 is 0 Å². The molecule has 0 radical (unpaired) electrons. The molecule has 0 aliphatic rings. The van der Waals surface area contributed by atoms with Gasteiger partial charge >= 0.3 is 0 Å². The molecule has 138 valence electrons. The Morgan fingerprint density at radius 2 is 1.74 bits per heavy atom. The van der Waals surface area contributed by atoms with Crippen molar-refractivity contribution in [3.05, 3.63) is 69.3 Å². The Morgan fingerprint density at radius 1 is 1.04 bits per heavy atom. The lowest BCUT2D eigenvalue weighted by atomic mass is 10.1. The first kappa shape index (κ1) is 17.3. The van der Waals surface area contributed by atoms with Gasteiger partial charge in [-0.15, -0.1) is 10.2 Å². The lowest BCUT2D eigenvalue weighted by molar-refractivity contribution is 0.734. The predicted molar refractivity (Wildman–Crippen MR) is 108 cm³/mol. The Morgan fingerprint density at radius 3 is 2.44 bits per heavy atom. The average Bonchev–Trinajstić information content (AvgIpc) is 3.05. The molecular weight excluding hydrogens is 338 g/mol. The van der Waals surface area contributed by atoms with Crippen LogP contribution >= 0.6 is 0 Å². The molecule has 2 aromatic carbocycles. The molecule has 0 atom stereocenters. The number of aryl methyl sites for hydroxylation is 4. The molecule has 4 rings (SSSR count). The summed E-state index contributed by atoms with van der Waals surface area (Å²) in [7, 11) is 0. The summed E-state index contributed by atoms with van der Waals surface area (Å²) in [5.74, 6) is 1.36. The molecule has 0 bridgehead atoms. The third kappa shape index (κ3) is 2.77. The van der Waals surface area contributed by atoms with Gasteiger partial charge in [-0.1, -0.05) is 29.8 Å². The summed E-state index contributed by atoms with van der Waals surface area (Å²) >= 11 is 0. The maximum Gasteiger partial charge on any atom is 0.262 e. The molecule has 4 aromatic rings. The van der Waals surface area contributed by atoms with Gasteiger partial charge in [-0.25, -0.2) is 0 Å². The molecule has 2 aromatic heterocycles. The minimum Gasteiger partial charge on any atom is -0.377 e. The zero-order valence-electron chi connectivity index (χ0n) is 16.1. The number of fused-ring (bicyclic) bond motifs is 3. The summed E-state index contributed by atoms with van der Waals surface area (Å²) in [5.41, 5.74) is 5.58. The van der Waals surface area contributed by atoms with Gasteiger partial charge in [0.25, 0.3) is 5.56 Å². The van der Waals surface area contributed by atoms with Crippen LogP contribution in [0.1, 0.15) is 29.4 Å². The normalized spacial score (nSPS) is 11.4. The van der Waals surface area contributed by atoms with Gasteiger partial charge in [-0.05, 0) is 51.0 Å². The lowest BCUT2D eigenvalue weighted by Crippen LogP contribution is -2.23. The fourth-order valence-corrected chi connectivity index (χ4v) is 3.84. The zero-order chi connectivity index (χ0) is 19.1. The van der Waals surface area contributed by atoms with Crippen molar-refractivity contribution in [2.45, 2.75) is 40.8 Å². The van der Waals surface area contributed by atoms with Crippen molar-refractivity contribution in [2.75, 3.05) is 5.32 Å².